The number of Topliss-reactive ketones (excluding diaryl/α,β-unsaturated/α-hetero) is 1. The minimum atomic E-state index is -0.725. The fourth-order valence-electron chi connectivity index (χ4n) is 1.76. The smallest absolute Gasteiger partial charge is 0.316 e. The quantitative estimate of drug-likeness (QED) is 0.567. The van der Waals surface area contributed by atoms with Crippen LogP contribution in [0.5, 0.6) is 5.75 Å². The number of hydrogen-bond donors (Lipinski definition) is 0. The predicted molar refractivity (Wildman–Crippen MR) is 77.4 cm³/mol. The summed E-state index contributed by atoms with van der Waals surface area (Å²) in [7, 11) is 1.61. The van der Waals surface area contributed by atoms with Gasteiger partial charge in [-0.25, -0.2) is 0 Å². The first-order chi connectivity index (χ1) is 9.58. The lowest BCUT2D eigenvalue weighted by Crippen LogP contribution is -2.23. The zero-order chi connectivity index (χ0) is 15.0. The molecule has 0 aliphatic carbocycles. The molecule has 1 atom stereocenters. The van der Waals surface area contributed by atoms with Gasteiger partial charge in [0.15, 0.2) is 0 Å². The number of ether oxygens (including phenoxy) is 2. The van der Waals surface area contributed by atoms with E-state index in [1.54, 1.807) is 20.1 Å². The Labute approximate surface area is 119 Å². The molecule has 0 bridgehead atoms. The second-order valence-electron chi connectivity index (χ2n) is 4.33. The molecule has 4 nitrogen and oxygen atoms in total. The Morgan fingerprint density at radius 3 is 2.70 bits per heavy atom. The Bertz CT molecular complexity index is 491. The molecule has 1 aromatic rings. The molecule has 1 aromatic carbocycles. The first-order valence-electron chi connectivity index (χ1n) is 6.56. The Morgan fingerprint density at radius 1 is 1.35 bits per heavy atom. The lowest BCUT2D eigenvalue weighted by atomic mass is 10.0. The van der Waals surface area contributed by atoms with Gasteiger partial charge in [-0.1, -0.05) is 24.3 Å². The standard InChI is InChI=1S/C16H20O4/c1-4-20-16(18)15(12(2)17)10-6-8-13-7-5-9-14(11-13)19-3/h5-9,11,15H,4,10H2,1-3H3/b8-6+. The van der Waals surface area contributed by atoms with E-state index in [0.29, 0.717) is 6.42 Å². The van der Waals surface area contributed by atoms with Gasteiger partial charge >= 0.3 is 5.97 Å². The molecule has 0 aliphatic rings. The zero-order valence-corrected chi connectivity index (χ0v) is 12.1. The largest absolute Gasteiger partial charge is 0.497 e. The molecule has 0 spiro atoms. The van der Waals surface area contributed by atoms with Crippen LogP contribution in [0.1, 0.15) is 25.8 Å². The molecule has 0 aromatic heterocycles. The lowest BCUT2D eigenvalue weighted by molar-refractivity contribution is -0.150. The van der Waals surface area contributed by atoms with E-state index in [-0.39, 0.29) is 12.4 Å². The molecular weight excluding hydrogens is 256 g/mol. The number of ketones is 1. The first kappa shape index (κ1) is 16.0. The molecule has 4 heteroatoms. The molecule has 0 fully saturated rings. The molecule has 1 rings (SSSR count). The highest BCUT2D eigenvalue weighted by atomic mass is 16.5. The van der Waals surface area contributed by atoms with Gasteiger partial charge in [0.2, 0.25) is 0 Å². The SMILES string of the molecule is CCOC(=O)C(C/C=C/c1cccc(OC)c1)C(C)=O. The minimum absolute atomic E-state index is 0.182. The lowest BCUT2D eigenvalue weighted by Gasteiger charge is -2.09. The number of rotatable bonds is 7. The molecule has 0 radical (unpaired) electrons. The highest BCUT2D eigenvalue weighted by Crippen LogP contribution is 2.15. The van der Waals surface area contributed by atoms with Gasteiger partial charge in [0, 0.05) is 0 Å². The number of esters is 1. The second-order valence-corrected chi connectivity index (χ2v) is 4.33. The number of allylic oxidation sites excluding steroid dienone is 1. The Morgan fingerprint density at radius 2 is 2.10 bits per heavy atom. The molecule has 0 saturated heterocycles. The van der Waals surface area contributed by atoms with Crippen LogP contribution in [0.15, 0.2) is 30.3 Å². The Kier molecular flexibility index (Phi) is 6.50. The van der Waals surface area contributed by atoms with E-state index < -0.39 is 11.9 Å². The monoisotopic (exact) mass is 276 g/mol. The summed E-state index contributed by atoms with van der Waals surface area (Å²) >= 11 is 0. The summed E-state index contributed by atoms with van der Waals surface area (Å²) in [5.74, 6) is -0.605. The third-order valence-electron chi connectivity index (χ3n) is 2.84. The first-order valence-corrected chi connectivity index (χ1v) is 6.56. The van der Waals surface area contributed by atoms with Crippen LogP contribution >= 0.6 is 0 Å². The average Bonchev–Trinajstić information content (AvgIpc) is 2.43. The van der Waals surface area contributed by atoms with Crippen molar-refractivity contribution in [1.82, 2.24) is 0 Å². The summed E-state index contributed by atoms with van der Waals surface area (Å²) in [4.78, 5) is 23.1. The third kappa shape index (κ3) is 4.88. The van der Waals surface area contributed by atoms with Crippen molar-refractivity contribution in [2.75, 3.05) is 13.7 Å². The highest BCUT2D eigenvalue weighted by Gasteiger charge is 2.22. The Hall–Kier alpha value is -2.10. The van der Waals surface area contributed by atoms with Gasteiger partial charge in [-0.3, -0.25) is 9.59 Å². The maximum Gasteiger partial charge on any atom is 0.316 e. The van der Waals surface area contributed by atoms with Crippen LogP contribution in [-0.4, -0.2) is 25.5 Å². The van der Waals surface area contributed by atoms with Crippen molar-refractivity contribution >= 4 is 17.8 Å². The van der Waals surface area contributed by atoms with Crippen molar-refractivity contribution in [2.24, 2.45) is 5.92 Å². The van der Waals surface area contributed by atoms with Gasteiger partial charge < -0.3 is 9.47 Å². The number of methoxy groups -OCH3 is 1. The van der Waals surface area contributed by atoms with Crippen molar-refractivity contribution in [3.63, 3.8) is 0 Å². The molecule has 0 amide bonds. The van der Waals surface area contributed by atoms with Crippen LogP contribution in [0.4, 0.5) is 0 Å². The molecule has 20 heavy (non-hydrogen) atoms. The van der Waals surface area contributed by atoms with Crippen LogP contribution in [0.2, 0.25) is 0 Å². The van der Waals surface area contributed by atoms with Crippen molar-refractivity contribution in [3.05, 3.63) is 35.9 Å². The van der Waals surface area contributed by atoms with Gasteiger partial charge in [-0.15, -0.1) is 0 Å². The molecule has 0 saturated carbocycles. The summed E-state index contributed by atoms with van der Waals surface area (Å²) in [6.07, 6.45) is 4.00. The molecule has 0 heterocycles. The van der Waals surface area contributed by atoms with Gasteiger partial charge in [0.05, 0.1) is 13.7 Å². The summed E-state index contributed by atoms with van der Waals surface area (Å²) in [6.45, 7) is 3.41. The Balaban J connectivity index is 2.68. The maximum absolute atomic E-state index is 11.6. The van der Waals surface area contributed by atoms with Crippen molar-refractivity contribution in [2.45, 2.75) is 20.3 Å². The van der Waals surface area contributed by atoms with E-state index in [1.165, 1.54) is 6.92 Å². The van der Waals surface area contributed by atoms with Gasteiger partial charge in [-0.2, -0.15) is 0 Å². The fraction of sp³-hybridized carbons (Fsp3) is 0.375. The number of carbonyl (C=O) groups is 2. The summed E-state index contributed by atoms with van der Waals surface area (Å²) in [5, 5.41) is 0. The van der Waals surface area contributed by atoms with Crippen molar-refractivity contribution < 1.29 is 19.1 Å². The minimum Gasteiger partial charge on any atom is -0.497 e. The van der Waals surface area contributed by atoms with Crippen LogP contribution in [0.25, 0.3) is 6.08 Å². The second kappa shape index (κ2) is 8.15. The van der Waals surface area contributed by atoms with Crippen LogP contribution in [-0.2, 0) is 14.3 Å². The topological polar surface area (TPSA) is 52.6 Å². The third-order valence-corrected chi connectivity index (χ3v) is 2.84. The zero-order valence-electron chi connectivity index (χ0n) is 12.1. The van der Waals surface area contributed by atoms with Crippen molar-refractivity contribution in [1.29, 1.82) is 0 Å². The van der Waals surface area contributed by atoms with Gasteiger partial charge in [0.1, 0.15) is 17.5 Å². The molecule has 0 N–H and O–H groups in total. The van der Waals surface area contributed by atoms with E-state index in [2.05, 4.69) is 0 Å². The van der Waals surface area contributed by atoms with E-state index in [1.807, 2.05) is 30.3 Å². The van der Waals surface area contributed by atoms with E-state index >= 15 is 0 Å². The number of benzene rings is 1. The van der Waals surface area contributed by atoms with E-state index in [9.17, 15) is 9.59 Å². The van der Waals surface area contributed by atoms with Crippen molar-refractivity contribution in [3.8, 4) is 5.75 Å². The fourth-order valence-corrected chi connectivity index (χ4v) is 1.76. The van der Waals surface area contributed by atoms with Crippen LogP contribution < -0.4 is 4.74 Å². The predicted octanol–water partition coefficient (Wildman–Crippen LogP) is 2.87. The number of carbonyl (C=O) groups excluding carboxylic acids is 2. The van der Waals surface area contributed by atoms with Crippen LogP contribution in [0, 0.1) is 5.92 Å². The molecule has 0 aliphatic heterocycles. The summed E-state index contributed by atoms with van der Waals surface area (Å²) in [5.41, 5.74) is 0.954. The van der Waals surface area contributed by atoms with Gasteiger partial charge in [0.25, 0.3) is 0 Å². The highest BCUT2D eigenvalue weighted by molar-refractivity contribution is 5.97. The average molecular weight is 276 g/mol. The maximum atomic E-state index is 11.6. The molecular formula is C16H20O4. The summed E-state index contributed by atoms with van der Waals surface area (Å²) < 4.78 is 10.0. The van der Waals surface area contributed by atoms with Crippen LogP contribution in [0.3, 0.4) is 0 Å². The summed E-state index contributed by atoms with van der Waals surface area (Å²) in [6, 6.07) is 7.54. The molecule has 1 unspecified atom stereocenters. The number of hydrogen-bond acceptors (Lipinski definition) is 4. The van der Waals surface area contributed by atoms with Gasteiger partial charge in [-0.05, 0) is 38.0 Å². The van der Waals surface area contributed by atoms with E-state index in [4.69, 9.17) is 9.47 Å². The van der Waals surface area contributed by atoms with E-state index in [0.717, 1.165) is 11.3 Å². The molecule has 108 valence electrons. The normalized spacial score (nSPS) is 12.2.